The van der Waals surface area contributed by atoms with Gasteiger partial charge in [0.15, 0.2) is 0 Å². The smallest absolute Gasteiger partial charge is 0.416 e. The highest BCUT2D eigenvalue weighted by molar-refractivity contribution is 6.32. The molecule has 1 fully saturated rings. The number of halogens is 4. The summed E-state index contributed by atoms with van der Waals surface area (Å²) in [5.74, 6) is 0.483. The van der Waals surface area contributed by atoms with Gasteiger partial charge in [-0.15, -0.1) is 0 Å². The van der Waals surface area contributed by atoms with Crippen LogP contribution in [0.15, 0.2) is 41.2 Å². The quantitative estimate of drug-likeness (QED) is 0.580. The van der Waals surface area contributed by atoms with Crippen molar-refractivity contribution in [3.63, 3.8) is 0 Å². The predicted octanol–water partition coefficient (Wildman–Crippen LogP) is 4.88. The van der Waals surface area contributed by atoms with Crippen molar-refractivity contribution < 1.29 is 22.6 Å². The van der Waals surface area contributed by atoms with Crippen LogP contribution in [0.1, 0.15) is 30.0 Å². The molecule has 1 aromatic heterocycles. The zero-order valence-electron chi connectivity index (χ0n) is 16.2. The molecule has 1 aliphatic rings. The van der Waals surface area contributed by atoms with Gasteiger partial charge in [0.2, 0.25) is 0 Å². The van der Waals surface area contributed by atoms with Crippen molar-refractivity contribution in [1.29, 1.82) is 0 Å². The molecule has 3 aromatic rings. The van der Waals surface area contributed by atoms with Crippen molar-refractivity contribution in [2.75, 3.05) is 20.3 Å². The van der Waals surface area contributed by atoms with E-state index in [2.05, 4.69) is 0 Å². The third kappa shape index (κ3) is 3.81. The Hall–Kier alpha value is -2.45. The van der Waals surface area contributed by atoms with E-state index in [-0.39, 0.29) is 23.8 Å². The minimum Gasteiger partial charge on any atom is -0.495 e. The Kier molecular flexibility index (Phi) is 5.55. The Labute approximate surface area is 175 Å². The lowest BCUT2D eigenvalue weighted by Crippen LogP contribution is -2.30. The summed E-state index contributed by atoms with van der Waals surface area (Å²) >= 11 is 6.19. The third-order valence-corrected chi connectivity index (χ3v) is 5.70. The first-order chi connectivity index (χ1) is 14.3. The largest absolute Gasteiger partial charge is 0.495 e. The van der Waals surface area contributed by atoms with Crippen LogP contribution < -0.4 is 10.4 Å². The van der Waals surface area contributed by atoms with Crippen molar-refractivity contribution in [2.24, 2.45) is 0 Å². The molecule has 4 rings (SSSR count). The molecule has 0 saturated carbocycles. The van der Waals surface area contributed by atoms with Crippen molar-refractivity contribution in [2.45, 2.75) is 31.6 Å². The lowest BCUT2D eigenvalue weighted by Gasteiger charge is -2.23. The summed E-state index contributed by atoms with van der Waals surface area (Å²) in [4.78, 5) is 13.3. The van der Waals surface area contributed by atoms with Crippen LogP contribution in [0, 0.1) is 0 Å². The molecule has 2 heterocycles. The minimum absolute atomic E-state index is 0.0938. The van der Waals surface area contributed by atoms with E-state index in [1.165, 1.54) is 17.7 Å². The normalized spacial score (nSPS) is 15.6. The van der Waals surface area contributed by atoms with E-state index in [0.29, 0.717) is 47.9 Å². The Morgan fingerprint density at radius 3 is 2.50 bits per heavy atom. The number of hydrogen-bond acceptors (Lipinski definition) is 3. The van der Waals surface area contributed by atoms with Crippen LogP contribution in [0.25, 0.3) is 11.0 Å². The summed E-state index contributed by atoms with van der Waals surface area (Å²) in [6.07, 6.45) is -3.23. The van der Waals surface area contributed by atoms with Gasteiger partial charge in [-0.2, -0.15) is 13.2 Å². The van der Waals surface area contributed by atoms with Gasteiger partial charge in [-0.3, -0.25) is 9.13 Å². The van der Waals surface area contributed by atoms with E-state index in [1.807, 2.05) is 0 Å². The second-order valence-electron chi connectivity index (χ2n) is 7.25. The summed E-state index contributed by atoms with van der Waals surface area (Å²) in [6, 6.07) is 8.38. The summed E-state index contributed by atoms with van der Waals surface area (Å²) in [7, 11) is 1.49. The fourth-order valence-corrected chi connectivity index (χ4v) is 4.18. The molecule has 1 saturated heterocycles. The van der Waals surface area contributed by atoms with Crippen LogP contribution in [0.5, 0.6) is 5.75 Å². The molecule has 0 amide bonds. The van der Waals surface area contributed by atoms with Gasteiger partial charge in [0.1, 0.15) is 5.75 Å². The zero-order valence-corrected chi connectivity index (χ0v) is 17.0. The molecule has 0 spiro atoms. The van der Waals surface area contributed by atoms with Crippen LogP contribution >= 0.6 is 11.6 Å². The highest BCUT2D eigenvalue weighted by atomic mass is 35.5. The standard InChI is InChI=1S/C21H20ClF3N2O3/c1-29-19-5-2-13(10-16(19)22)12-26-18-11-14(21(23,24)25)3-4-17(18)27(20(26)28)15-6-8-30-9-7-15/h2-5,10-11,15H,6-9,12H2,1H3. The second-order valence-corrected chi connectivity index (χ2v) is 7.66. The molecule has 0 radical (unpaired) electrons. The Morgan fingerprint density at radius 1 is 1.13 bits per heavy atom. The Balaban J connectivity index is 1.87. The maximum Gasteiger partial charge on any atom is 0.416 e. The summed E-state index contributed by atoms with van der Waals surface area (Å²) in [6.45, 7) is 1.12. The van der Waals surface area contributed by atoms with Gasteiger partial charge in [-0.1, -0.05) is 17.7 Å². The number of aromatic nitrogens is 2. The van der Waals surface area contributed by atoms with Crippen molar-refractivity contribution in [1.82, 2.24) is 9.13 Å². The van der Waals surface area contributed by atoms with Gasteiger partial charge in [0, 0.05) is 19.3 Å². The second kappa shape index (κ2) is 8.00. The molecule has 0 bridgehead atoms. The molecular formula is C21H20ClF3N2O3. The van der Waals surface area contributed by atoms with Crippen LogP contribution in [-0.2, 0) is 17.5 Å². The summed E-state index contributed by atoms with van der Waals surface area (Å²) in [5, 5.41) is 0.368. The fraction of sp³-hybridized carbons (Fsp3) is 0.381. The number of fused-ring (bicyclic) bond motifs is 1. The van der Waals surface area contributed by atoms with Gasteiger partial charge in [-0.05, 0) is 48.7 Å². The van der Waals surface area contributed by atoms with Gasteiger partial charge < -0.3 is 9.47 Å². The van der Waals surface area contributed by atoms with Crippen LogP contribution in [0.2, 0.25) is 5.02 Å². The Morgan fingerprint density at radius 2 is 1.87 bits per heavy atom. The van der Waals surface area contributed by atoms with Crippen LogP contribution in [-0.4, -0.2) is 29.5 Å². The SMILES string of the molecule is COc1ccc(Cn2c(=O)n(C3CCOCC3)c3ccc(C(F)(F)F)cc32)cc1Cl. The topological polar surface area (TPSA) is 45.4 Å². The lowest BCUT2D eigenvalue weighted by molar-refractivity contribution is -0.137. The minimum atomic E-state index is -4.50. The number of methoxy groups -OCH3 is 1. The van der Waals surface area contributed by atoms with E-state index >= 15 is 0 Å². The van der Waals surface area contributed by atoms with E-state index in [0.717, 1.165) is 12.1 Å². The molecule has 5 nitrogen and oxygen atoms in total. The fourth-order valence-electron chi connectivity index (χ4n) is 3.90. The zero-order chi connectivity index (χ0) is 21.5. The van der Waals surface area contributed by atoms with E-state index < -0.39 is 11.7 Å². The molecule has 160 valence electrons. The van der Waals surface area contributed by atoms with Crippen molar-refractivity contribution >= 4 is 22.6 Å². The van der Waals surface area contributed by atoms with Crippen molar-refractivity contribution in [3.05, 3.63) is 63.0 Å². The van der Waals surface area contributed by atoms with Crippen LogP contribution in [0.3, 0.4) is 0 Å². The van der Waals surface area contributed by atoms with E-state index in [4.69, 9.17) is 21.1 Å². The number of ether oxygens (including phenoxy) is 2. The first-order valence-corrected chi connectivity index (χ1v) is 9.89. The number of benzene rings is 2. The van der Waals surface area contributed by atoms with E-state index in [1.54, 1.807) is 22.8 Å². The average molecular weight is 441 g/mol. The number of nitrogens with zero attached hydrogens (tertiary/aromatic N) is 2. The van der Waals surface area contributed by atoms with Gasteiger partial charge in [-0.25, -0.2) is 4.79 Å². The lowest BCUT2D eigenvalue weighted by atomic mass is 10.1. The monoisotopic (exact) mass is 440 g/mol. The molecule has 9 heteroatoms. The molecular weight excluding hydrogens is 421 g/mol. The van der Waals surface area contributed by atoms with Gasteiger partial charge in [0.25, 0.3) is 0 Å². The average Bonchev–Trinajstić information content (AvgIpc) is 2.99. The van der Waals surface area contributed by atoms with E-state index in [9.17, 15) is 18.0 Å². The Bertz CT molecular complexity index is 1130. The third-order valence-electron chi connectivity index (χ3n) is 5.40. The highest BCUT2D eigenvalue weighted by Gasteiger charge is 2.32. The first-order valence-electron chi connectivity index (χ1n) is 9.51. The number of rotatable bonds is 4. The summed E-state index contributed by atoms with van der Waals surface area (Å²) < 4.78 is 53.5. The molecule has 0 atom stereocenters. The number of hydrogen-bond donors (Lipinski definition) is 0. The predicted molar refractivity (Wildman–Crippen MR) is 107 cm³/mol. The number of imidazole rings is 1. The maximum absolute atomic E-state index is 13.3. The highest BCUT2D eigenvalue weighted by Crippen LogP contribution is 2.33. The molecule has 1 aliphatic heterocycles. The molecule has 2 aromatic carbocycles. The molecule has 30 heavy (non-hydrogen) atoms. The maximum atomic E-state index is 13.3. The molecule has 0 unspecified atom stereocenters. The summed E-state index contributed by atoms with van der Waals surface area (Å²) in [5.41, 5.74) is 0.280. The van der Waals surface area contributed by atoms with Gasteiger partial charge in [0.05, 0.1) is 35.3 Å². The van der Waals surface area contributed by atoms with Crippen molar-refractivity contribution in [3.8, 4) is 5.75 Å². The first kappa shape index (κ1) is 20.8. The molecule has 0 aliphatic carbocycles. The molecule has 0 N–H and O–H groups in total. The van der Waals surface area contributed by atoms with Crippen LogP contribution in [0.4, 0.5) is 13.2 Å². The number of alkyl halides is 3. The van der Waals surface area contributed by atoms with Gasteiger partial charge >= 0.3 is 11.9 Å².